The number of rotatable bonds is 2. The molecule has 10 heteroatoms. The Labute approximate surface area is 152 Å². The Morgan fingerprint density at radius 3 is 2.77 bits per heavy atom. The molecule has 4 rings (SSSR count). The van der Waals surface area contributed by atoms with Gasteiger partial charge >= 0.3 is 6.29 Å². The maximum absolute atomic E-state index is 14.1. The Kier molecular flexibility index (Phi) is 3.62. The molecule has 0 radical (unpaired) electrons. The third-order valence-corrected chi connectivity index (χ3v) is 4.26. The van der Waals surface area contributed by atoms with E-state index in [4.69, 9.17) is 0 Å². The number of hydrogen-bond acceptors (Lipinski definition) is 4. The fourth-order valence-electron chi connectivity index (χ4n) is 2.62. The molecule has 2 aromatic heterocycles. The highest BCUT2D eigenvalue weighted by Gasteiger charge is 2.46. The average molecular weight is 428 g/mol. The van der Waals surface area contributed by atoms with Crippen molar-refractivity contribution >= 4 is 33.2 Å². The van der Waals surface area contributed by atoms with Crippen LogP contribution >= 0.6 is 15.9 Å². The Morgan fingerprint density at radius 1 is 1.27 bits per heavy atom. The summed E-state index contributed by atoms with van der Waals surface area (Å²) < 4.78 is 51.3. The minimum atomic E-state index is -3.87. The van der Waals surface area contributed by atoms with Crippen LogP contribution in [0, 0.1) is 12.7 Å². The lowest BCUT2D eigenvalue weighted by molar-refractivity contribution is -0.287. The van der Waals surface area contributed by atoms with E-state index >= 15 is 0 Å². The van der Waals surface area contributed by atoms with Crippen LogP contribution < -0.4 is 14.8 Å². The van der Waals surface area contributed by atoms with Crippen molar-refractivity contribution in [3.63, 3.8) is 0 Å². The molecule has 0 atom stereocenters. The van der Waals surface area contributed by atoms with Crippen LogP contribution in [-0.4, -0.2) is 21.6 Å². The second-order valence-electron chi connectivity index (χ2n) is 5.56. The van der Waals surface area contributed by atoms with Crippen LogP contribution in [0.3, 0.4) is 0 Å². The van der Waals surface area contributed by atoms with Crippen molar-refractivity contribution in [2.24, 2.45) is 0 Å². The molecule has 1 amide bonds. The molecule has 0 aliphatic carbocycles. The number of nitrogens with zero attached hydrogens (tertiary/aromatic N) is 2. The molecule has 1 aliphatic rings. The number of carbonyl (C=O) groups is 1. The molecule has 1 aliphatic heterocycles. The third kappa shape index (κ3) is 2.75. The Hall–Kier alpha value is -2.75. The van der Waals surface area contributed by atoms with Crippen molar-refractivity contribution in [3.05, 3.63) is 52.1 Å². The SMILES string of the molecule is Cc1cn2cc(NC(=O)c3ccc(Br)c4c3OC(F)(F)O4)cc(F)c2n1. The summed E-state index contributed by atoms with van der Waals surface area (Å²) in [6.07, 6.45) is -0.829. The van der Waals surface area contributed by atoms with Gasteiger partial charge in [-0.3, -0.25) is 4.79 Å². The molecule has 0 unspecified atom stereocenters. The highest BCUT2D eigenvalue weighted by molar-refractivity contribution is 9.10. The summed E-state index contributed by atoms with van der Waals surface area (Å²) >= 11 is 3.06. The van der Waals surface area contributed by atoms with Crippen molar-refractivity contribution in [3.8, 4) is 11.5 Å². The quantitative estimate of drug-likeness (QED) is 0.667. The van der Waals surface area contributed by atoms with Gasteiger partial charge < -0.3 is 19.2 Å². The molecule has 0 saturated heterocycles. The molecule has 3 heterocycles. The first-order valence-electron chi connectivity index (χ1n) is 7.28. The summed E-state index contributed by atoms with van der Waals surface area (Å²) in [4.78, 5) is 16.5. The van der Waals surface area contributed by atoms with Crippen molar-refractivity contribution < 1.29 is 27.4 Å². The van der Waals surface area contributed by atoms with E-state index in [-0.39, 0.29) is 27.1 Å². The van der Waals surface area contributed by atoms with Gasteiger partial charge in [-0.25, -0.2) is 9.37 Å². The molecule has 0 bridgehead atoms. The number of anilines is 1. The van der Waals surface area contributed by atoms with Gasteiger partial charge in [0.25, 0.3) is 5.91 Å². The minimum absolute atomic E-state index is 0.112. The molecule has 1 N–H and O–H groups in total. The first-order valence-corrected chi connectivity index (χ1v) is 8.07. The van der Waals surface area contributed by atoms with E-state index in [1.807, 2.05) is 0 Å². The first kappa shape index (κ1) is 16.7. The van der Waals surface area contributed by atoms with Crippen LogP contribution in [0.1, 0.15) is 16.1 Å². The van der Waals surface area contributed by atoms with E-state index in [1.54, 1.807) is 13.1 Å². The maximum Gasteiger partial charge on any atom is 0.586 e. The van der Waals surface area contributed by atoms with Crippen molar-refractivity contribution in [1.82, 2.24) is 9.38 Å². The lowest BCUT2D eigenvalue weighted by atomic mass is 10.1. The number of hydrogen-bond donors (Lipinski definition) is 1. The van der Waals surface area contributed by atoms with Crippen molar-refractivity contribution in [1.29, 1.82) is 0 Å². The molecular weight excluding hydrogens is 419 g/mol. The maximum atomic E-state index is 14.1. The number of ether oxygens (including phenoxy) is 2. The van der Waals surface area contributed by atoms with Gasteiger partial charge in [0, 0.05) is 18.5 Å². The summed E-state index contributed by atoms with van der Waals surface area (Å²) in [5, 5.41) is 2.45. The molecule has 0 saturated carbocycles. The monoisotopic (exact) mass is 427 g/mol. The molecule has 1 aromatic carbocycles. The Morgan fingerprint density at radius 2 is 2.00 bits per heavy atom. The number of pyridine rings is 1. The van der Waals surface area contributed by atoms with Crippen molar-refractivity contribution in [2.75, 3.05) is 5.32 Å². The van der Waals surface area contributed by atoms with Gasteiger partial charge in [0.05, 0.1) is 21.4 Å². The van der Waals surface area contributed by atoms with Crippen LogP contribution in [0.5, 0.6) is 11.5 Å². The molecule has 3 aromatic rings. The van der Waals surface area contributed by atoms with Gasteiger partial charge in [0.15, 0.2) is 23.0 Å². The lowest BCUT2D eigenvalue weighted by Crippen LogP contribution is -2.26. The number of alkyl halides is 2. The van der Waals surface area contributed by atoms with E-state index in [0.717, 1.165) is 6.07 Å². The smallest absolute Gasteiger partial charge is 0.394 e. The zero-order chi connectivity index (χ0) is 18.6. The van der Waals surface area contributed by atoms with Crippen LogP contribution in [0.2, 0.25) is 0 Å². The highest BCUT2D eigenvalue weighted by atomic mass is 79.9. The topological polar surface area (TPSA) is 64.9 Å². The van der Waals surface area contributed by atoms with Crippen LogP contribution in [0.25, 0.3) is 5.65 Å². The van der Waals surface area contributed by atoms with Gasteiger partial charge in [-0.1, -0.05) is 0 Å². The number of benzene rings is 1. The van der Waals surface area contributed by atoms with E-state index in [2.05, 4.69) is 35.7 Å². The summed E-state index contributed by atoms with van der Waals surface area (Å²) in [6.45, 7) is 1.70. The van der Waals surface area contributed by atoms with E-state index in [9.17, 15) is 18.0 Å². The zero-order valence-electron chi connectivity index (χ0n) is 13.0. The third-order valence-electron chi connectivity index (χ3n) is 3.64. The predicted molar refractivity (Wildman–Crippen MR) is 88.2 cm³/mol. The fraction of sp³-hybridized carbons (Fsp3) is 0.125. The second kappa shape index (κ2) is 5.63. The number of imidazole rings is 1. The number of aryl methyl sites for hydroxylation is 1. The zero-order valence-corrected chi connectivity index (χ0v) is 14.6. The number of carbonyl (C=O) groups excluding carboxylic acids is 1. The van der Waals surface area contributed by atoms with Crippen LogP contribution in [0.15, 0.2) is 35.1 Å². The normalized spacial score (nSPS) is 14.7. The summed E-state index contributed by atoms with van der Waals surface area (Å²) in [6, 6.07) is 3.76. The fourth-order valence-corrected chi connectivity index (χ4v) is 3.01. The van der Waals surface area contributed by atoms with E-state index in [1.165, 1.54) is 22.7 Å². The highest BCUT2D eigenvalue weighted by Crippen LogP contribution is 2.47. The average Bonchev–Trinajstić information content (AvgIpc) is 3.06. The number of fused-ring (bicyclic) bond motifs is 2. The minimum Gasteiger partial charge on any atom is -0.394 e. The predicted octanol–water partition coefficient (Wildman–Crippen LogP) is 4.12. The van der Waals surface area contributed by atoms with Gasteiger partial charge in [0.1, 0.15) is 0 Å². The number of halogens is 4. The van der Waals surface area contributed by atoms with Gasteiger partial charge in [-0.15, -0.1) is 8.78 Å². The van der Waals surface area contributed by atoms with Gasteiger partial charge in [-0.05, 0) is 35.0 Å². The lowest BCUT2D eigenvalue weighted by Gasteiger charge is -2.09. The summed E-state index contributed by atoms with van der Waals surface area (Å²) in [5.74, 6) is -2.08. The largest absolute Gasteiger partial charge is 0.586 e. The second-order valence-corrected chi connectivity index (χ2v) is 6.42. The molecule has 0 fully saturated rings. The molecule has 0 spiro atoms. The number of aromatic nitrogens is 2. The first-order chi connectivity index (χ1) is 12.2. The number of amides is 1. The summed E-state index contributed by atoms with van der Waals surface area (Å²) in [5.41, 5.74) is 0.662. The van der Waals surface area contributed by atoms with Crippen LogP contribution in [0.4, 0.5) is 18.9 Å². The number of nitrogens with one attached hydrogen (secondary N) is 1. The molecular formula is C16H9BrF3N3O3. The molecule has 6 nitrogen and oxygen atoms in total. The van der Waals surface area contributed by atoms with Crippen molar-refractivity contribution in [2.45, 2.75) is 13.2 Å². The molecule has 26 heavy (non-hydrogen) atoms. The Balaban J connectivity index is 1.69. The molecule has 134 valence electrons. The Bertz CT molecular complexity index is 1070. The van der Waals surface area contributed by atoms with Gasteiger partial charge in [-0.2, -0.15) is 0 Å². The standard InChI is InChI=1S/C16H9BrF3N3O3/c1-7-5-23-6-8(4-11(18)14(23)21-7)22-15(24)9-2-3-10(17)13-12(9)25-16(19,20)26-13/h2-6H,1H3,(H,22,24). The van der Waals surface area contributed by atoms with Crippen LogP contribution in [-0.2, 0) is 0 Å². The summed E-state index contributed by atoms with van der Waals surface area (Å²) in [7, 11) is 0. The van der Waals surface area contributed by atoms with E-state index in [0.29, 0.717) is 5.69 Å². The van der Waals surface area contributed by atoms with Gasteiger partial charge in [0.2, 0.25) is 0 Å². The van der Waals surface area contributed by atoms with E-state index < -0.39 is 23.8 Å².